The molecule has 0 bridgehead atoms. The molecule has 2 rings (SSSR count). The van der Waals surface area contributed by atoms with Gasteiger partial charge in [0.1, 0.15) is 12.4 Å². The Hall–Kier alpha value is -1.52. The molecule has 2 N–H and O–H groups in total. The zero-order valence-electron chi connectivity index (χ0n) is 11.5. The summed E-state index contributed by atoms with van der Waals surface area (Å²) in [5.41, 5.74) is 6.34. The van der Waals surface area contributed by atoms with Gasteiger partial charge in [-0.1, -0.05) is 12.7 Å². The van der Waals surface area contributed by atoms with Gasteiger partial charge in [-0.05, 0) is 43.1 Å². The SMILES string of the molecule is C=CCOc1ccc(C(=O)N2CCC(CN)C2)cc1.Cl. The minimum absolute atomic E-state index is 0. The highest BCUT2D eigenvalue weighted by atomic mass is 35.5. The molecule has 0 saturated carbocycles. The second kappa shape index (κ2) is 7.92. The van der Waals surface area contributed by atoms with Crippen molar-refractivity contribution in [1.29, 1.82) is 0 Å². The lowest BCUT2D eigenvalue weighted by molar-refractivity contribution is 0.0787. The second-order valence-corrected chi connectivity index (χ2v) is 4.77. The highest BCUT2D eigenvalue weighted by molar-refractivity contribution is 5.94. The van der Waals surface area contributed by atoms with Crippen LogP contribution in [0.15, 0.2) is 36.9 Å². The number of carbonyl (C=O) groups is 1. The molecule has 1 fully saturated rings. The normalized spacial score (nSPS) is 17.4. The van der Waals surface area contributed by atoms with Gasteiger partial charge in [0.05, 0.1) is 0 Å². The topological polar surface area (TPSA) is 55.6 Å². The third kappa shape index (κ3) is 3.99. The third-order valence-electron chi connectivity index (χ3n) is 3.38. The molecule has 20 heavy (non-hydrogen) atoms. The predicted molar refractivity (Wildman–Crippen MR) is 82.4 cm³/mol. The molecule has 0 spiro atoms. The fourth-order valence-corrected chi connectivity index (χ4v) is 2.24. The number of amides is 1. The van der Waals surface area contributed by atoms with Crippen LogP contribution >= 0.6 is 12.4 Å². The van der Waals surface area contributed by atoms with E-state index in [0.29, 0.717) is 24.6 Å². The average Bonchev–Trinajstić information content (AvgIpc) is 2.94. The number of likely N-dealkylation sites (tertiary alicyclic amines) is 1. The number of benzene rings is 1. The summed E-state index contributed by atoms with van der Waals surface area (Å²) in [5, 5.41) is 0. The highest BCUT2D eigenvalue weighted by Gasteiger charge is 2.25. The number of rotatable bonds is 5. The van der Waals surface area contributed by atoms with Crippen LogP contribution in [0.2, 0.25) is 0 Å². The van der Waals surface area contributed by atoms with Crippen molar-refractivity contribution in [2.24, 2.45) is 11.7 Å². The average molecular weight is 297 g/mol. The molecule has 1 atom stereocenters. The monoisotopic (exact) mass is 296 g/mol. The van der Waals surface area contributed by atoms with Crippen molar-refractivity contribution < 1.29 is 9.53 Å². The Morgan fingerprint density at radius 2 is 2.15 bits per heavy atom. The fourth-order valence-electron chi connectivity index (χ4n) is 2.24. The molecule has 1 aromatic carbocycles. The van der Waals surface area contributed by atoms with E-state index in [0.717, 1.165) is 25.3 Å². The Morgan fingerprint density at radius 1 is 1.45 bits per heavy atom. The van der Waals surface area contributed by atoms with Gasteiger partial charge >= 0.3 is 0 Å². The van der Waals surface area contributed by atoms with E-state index >= 15 is 0 Å². The quantitative estimate of drug-likeness (QED) is 0.847. The summed E-state index contributed by atoms with van der Waals surface area (Å²) in [6.07, 6.45) is 2.69. The maximum Gasteiger partial charge on any atom is 0.253 e. The van der Waals surface area contributed by atoms with Gasteiger partial charge in [-0.25, -0.2) is 0 Å². The fraction of sp³-hybridized carbons (Fsp3) is 0.400. The van der Waals surface area contributed by atoms with Gasteiger partial charge in [0.15, 0.2) is 0 Å². The van der Waals surface area contributed by atoms with Crippen LogP contribution in [0, 0.1) is 5.92 Å². The van der Waals surface area contributed by atoms with E-state index in [-0.39, 0.29) is 18.3 Å². The summed E-state index contributed by atoms with van der Waals surface area (Å²) < 4.78 is 5.39. The zero-order chi connectivity index (χ0) is 13.7. The Kier molecular flexibility index (Phi) is 6.55. The van der Waals surface area contributed by atoms with Gasteiger partial charge in [-0.15, -0.1) is 12.4 Å². The van der Waals surface area contributed by atoms with Crippen molar-refractivity contribution in [3.05, 3.63) is 42.5 Å². The number of nitrogens with two attached hydrogens (primary N) is 1. The van der Waals surface area contributed by atoms with Gasteiger partial charge in [0, 0.05) is 18.7 Å². The minimum Gasteiger partial charge on any atom is -0.490 e. The number of hydrogen-bond acceptors (Lipinski definition) is 3. The van der Waals surface area contributed by atoms with Crippen molar-refractivity contribution >= 4 is 18.3 Å². The van der Waals surface area contributed by atoms with E-state index in [1.807, 2.05) is 17.0 Å². The number of ether oxygens (including phenoxy) is 1. The minimum atomic E-state index is 0. The van der Waals surface area contributed by atoms with Gasteiger partial charge in [-0.3, -0.25) is 4.79 Å². The van der Waals surface area contributed by atoms with Crippen molar-refractivity contribution in [2.75, 3.05) is 26.2 Å². The molecule has 1 aliphatic heterocycles. The van der Waals surface area contributed by atoms with E-state index in [9.17, 15) is 4.79 Å². The molecule has 1 aliphatic rings. The van der Waals surface area contributed by atoms with Crippen LogP contribution in [-0.2, 0) is 0 Å². The molecule has 110 valence electrons. The van der Waals surface area contributed by atoms with E-state index in [4.69, 9.17) is 10.5 Å². The molecule has 1 aromatic rings. The molecule has 0 aromatic heterocycles. The van der Waals surface area contributed by atoms with Crippen molar-refractivity contribution in [1.82, 2.24) is 4.90 Å². The molecule has 1 heterocycles. The summed E-state index contributed by atoms with van der Waals surface area (Å²) in [7, 11) is 0. The highest BCUT2D eigenvalue weighted by Crippen LogP contribution is 2.19. The molecule has 1 saturated heterocycles. The van der Waals surface area contributed by atoms with Gasteiger partial charge < -0.3 is 15.4 Å². The summed E-state index contributed by atoms with van der Waals surface area (Å²) in [5.74, 6) is 1.27. The Bertz CT molecular complexity index is 448. The number of carbonyl (C=O) groups excluding carboxylic acids is 1. The van der Waals surface area contributed by atoms with Crippen molar-refractivity contribution in [3.8, 4) is 5.75 Å². The lowest BCUT2D eigenvalue weighted by atomic mass is 10.1. The molecular weight excluding hydrogens is 276 g/mol. The standard InChI is InChI=1S/C15H20N2O2.ClH/c1-2-9-19-14-5-3-13(4-6-14)15(18)17-8-7-12(10-16)11-17;/h2-6,12H,1,7-11,16H2;1H. The first-order valence-electron chi connectivity index (χ1n) is 6.57. The Morgan fingerprint density at radius 3 is 2.70 bits per heavy atom. The molecule has 4 nitrogen and oxygen atoms in total. The van der Waals surface area contributed by atoms with Crippen LogP contribution < -0.4 is 10.5 Å². The van der Waals surface area contributed by atoms with Crippen LogP contribution in [0.3, 0.4) is 0 Å². The molecule has 1 unspecified atom stereocenters. The Labute approximate surface area is 126 Å². The predicted octanol–water partition coefficient (Wildman–Crippen LogP) is 2.09. The molecule has 0 aliphatic carbocycles. The summed E-state index contributed by atoms with van der Waals surface area (Å²) >= 11 is 0. The van der Waals surface area contributed by atoms with E-state index in [2.05, 4.69) is 6.58 Å². The number of nitrogens with zero attached hydrogens (tertiary/aromatic N) is 1. The van der Waals surface area contributed by atoms with Gasteiger partial charge in [-0.2, -0.15) is 0 Å². The lowest BCUT2D eigenvalue weighted by Gasteiger charge is -2.16. The van der Waals surface area contributed by atoms with Crippen molar-refractivity contribution in [3.63, 3.8) is 0 Å². The van der Waals surface area contributed by atoms with E-state index in [1.54, 1.807) is 18.2 Å². The molecule has 0 radical (unpaired) electrons. The van der Waals surface area contributed by atoms with E-state index < -0.39 is 0 Å². The van der Waals surface area contributed by atoms with Crippen LogP contribution in [-0.4, -0.2) is 37.0 Å². The first kappa shape index (κ1) is 16.5. The lowest BCUT2D eigenvalue weighted by Crippen LogP contribution is -2.29. The smallest absolute Gasteiger partial charge is 0.253 e. The van der Waals surface area contributed by atoms with Gasteiger partial charge in [0.2, 0.25) is 0 Å². The van der Waals surface area contributed by atoms with Crippen molar-refractivity contribution in [2.45, 2.75) is 6.42 Å². The summed E-state index contributed by atoms with van der Waals surface area (Å²) in [6, 6.07) is 7.23. The summed E-state index contributed by atoms with van der Waals surface area (Å²) in [4.78, 5) is 14.1. The number of hydrogen-bond donors (Lipinski definition) is 1. The summed E-state index contributed by atoms with van der Waals surface area (Å²) in [6.45, 7) is 6.28. The third-order valence-corrected chi connectivity index (χ3v) is 3.38. The van der Waals surface area contributed by atoms with Crippen LogP contribution in [0.1, 0.15) is 16.8 Å². The zero-order valence-corrected chi connectivity index (χ0v) is 12.3. The maximum absolute atomic E-state index is 12.3. The molecule has 1 amide bonds. The first-order valence-corrected chi connectivity index (χ1v) is 6.57. The van der Waals surface area contributed by atoms with E-state index in [1.165, 1.54) is 0 Å². The molecular formula is C15H21ClN2O2. The van der Waals surface area contributed by atoms with Gasteiger partial charge in [0.25, 0.3) is 5.91 Å². The second-order valence-electron chi connectivity index (χ2n) is 4.77. The van der Waals surface area contributed by atoms with Crippen LogP contribution in [0.25, 0.3) is 0 Å². The van der Waals surface area contributed by atoms with Crippen LogP contribution in [0.5, 0.6) is 5.75 Å². The Balaban J connectivity index is 0.00000200. The number of halogens is 1. The maximum atomic E-state index is 12.3. The van der Waals surface area contributed by atoms with Crippen LogP contribution in [0.4, 0.5) is 0 Å². The first-order chi connectivity index (χ1) is 9.24. The largest absolute Gasteiger partial charge is 0.490 e. The molecule has 5 heteroatoms.